The van der Waals surface area contributed by atoms with Crippen LogP contribution in [0.3, 0.4) is 0 Å². The van der Waals surface area contributed by atoms with Crippen molar-refractivity contribution in [2.45, 2.75) is 44.6 Å². The first kappa shape index (κ1) is 15.7. The summed E-state index contributed by atoms with van der Waals surface area (Å²) >= 11 is 0. The van der Waals surface area contributed by atoms with Crippen LogP contribution < -0.4 is 0 Å². The molecule has 1 saturated heterocycles. The summed E-state index contributed by atoms with van der Waals surface area (Å²) in [4.78, 5) is 13.5. The number of piperidine rings is 1. The van der Waals surface area contributed by atoms with Crippen LogP contribution in [0.4, 0.5) is 0 Å². The molecule has 0 aromatic heterocycles. The number of esters is 1. The van der Waals surface area contributed by atoms with Crippen LogP contribution in [0.15, 0.2) is 0 Å². The molecule has 1 heterocycles. The predicted molar refractivity (Wildman–Crippen MR) is 75.4 cm³/mol. The number of aliphatic hydroxyl groups is 1. The van der Waals surface area contributed by atoms with E-state index in [0.29, 0.717) is 19.1 Å². The molecule has 0 aromatic rings. The lowest BCUT2D eigenvalue weighted by Gasteiger charge is -2.47. The third-order valence-electron chi connectivity index (χ3n) is 4.59. The van der Waals surface area contributed by atoms with Crippen LogP contribution in [-0.4, -0.2) is 61.0 Å². The van der Waals surface area contributed by atoms with Gasteiger partial charge in [0.05, 0.1) is 18.8 Å². The van der Waals surface area contributed by atoms with Crippen LogP contribution in [-0.2, 0) is 14.3 Å². The molecule has 0 amide bonds. The summed E-state index contributed by atoms with van der Waals surface area (Å²) in [7, 11) is 0. The number of nitrogens with zero attached hydrogens (tertiary/aromatic N) is 1. The van der Waals surface area contributed by atoms with Crippen LogP contribution in [0.5, 0.6) is 0 Å². The van der Waals surface area contributed by atoms with E-state index in [9.17, 15) is 9.90 Å². The molecule has 0 aromatic carbocycles. The molecule has 1 saturated carbocycles. The molecular weight excluding hydrogens is 258 g/mol. The second-order valence-corrected chi connectivity index (χ2v) is 5.95. The molecule has 5 heteroatoms. The van der Waals surface area contributed by atoms with E-state index in [4.69, 9.17) is 9.47 Å². The Morgan fingerprint density at radius 3 is 3.05 bits per heavy atom. The van der Waals surface area contributed by atoms with Crippen LogP contribution in [0.25, 0.3) is 0 Å². The van der Waals surface area contributed by atoms with Gasteiger partial charge in [-0.3, -0.25) is 0 Å². The van der Waals surface area contributed by atoms with Gasteiger partial charge in [0, 0.05) is 25.6 Å². The summed E-state index contributed by atoms with van der Waals surface area (Å²) in [6.07, 6.45) is 5.37. The number of carbonyl (C=O) groups is 1. The zero-order valence-corrected chi connectivity index (χ0v) is 12.5. The first-order valence-corrected chi connectivity index (χ1v) is 7.82. The van der Waals surface area contributed by atoms with Crippen LogP contribution >= 0.6 is 0 Å². The summed E-state index contributed by atoms with van der Waals surface area (Å²) in [6, 6.07) is 0. The van der Waals surface area contributed by atoms with Gasteiger partial charge in [-0.2, -0.15) is 0 Å². The summed E-state index contributed by atoms with van der Waals surface area (Å²) in [5.41, 5.74) is -0.416. The highest BCUT2D eigenvalue weighted by atomic mass is 16.6. The molecule has 116 valence electrons. The van der Waals surface area contributed by atoms with Crippen LogP contribution in [0.2, 0.25) is 0 Å². The van der Waals surface area contributed by atoms with Gasteiger partial charge in [0.15, 0.2) is 0 Å². The SMILES string of the molecule is CCOC(=O)COCCN1CCC2(O)CCCCC2C1. The van der Waals surface area contributed by atoms with E-state index >= 15 is 0 Å². The van der Waals surface area contributed by atoms with Crippen LogP contribution in [0.1, 0.15) is 39.0 Å². The number of rotatable bonds is 6. The van der Waals surface area contributed by atoms with Gasteiger partial charge < -0.3 is 19.5 Å². The van der Waals surface area contributed by atoms with Crippen molar-refractivity contribution in [3.8, 4) is 0 Å². The molecule has 2 fully saturated rings. The monoisotopic (exact) mass is 285 g/mol. The lowest BCUT2D eigenvalue weighted by atomic mass is 9.71. The van der Waals surface area contributed by atoms with Gasteiger partial charge >= 0.3 is 5.97 Å². The first-order chi connectivity index (χ1) is 9.64. The fraction of sp³-hybridized carbons (Fsp3) is 0.933. The second-order valence-electron chi connectivity index (χ2n) is 5.95. The molecule has 2 aliphatic rings. The van der Waals surface area contributed by atoms with Gasteiger partial charge in [-0.25, -0.2) is 4.79 Å². The maximum Gasteiger partial charge on any atom is 0.332 e. The van der Waals surface area contributed by atoms with Crippen molar-refractivity contribution >= 4 is 5.97 Å². The van der Waals surface area contributed by atoms with E-state index in [-0.39, 0.29) is 12.6 Å². The van der Waals surface area contributed by atoms with Crippen molar-refractivity contribution in [2.75, 3.05) is 39.5 Å². The number of carbonyl (C=O) groups excluding carboxylic acids is 1. The van der Waals surface area contributed by atoms with Gasteiger partial charge in [-0.15, -0.1) is 0 Å². The fourth-order valence-electron chi connectivity index (χ4n) is 3.39. The topological polar surface area (TPSA) is 59.0 Å². The Kier molecular flexibility index (Phi) is 5.81. The van der Waals surface area contributed by atoms with E-state index in [2.05, 4.69) is 4.90 Å². The average Bonchev–Trinajstić information content (AvgIpc) is 2.44. The van der Waals surface area contributed by atoms with Crippen molar-refractivity contribution in [3.63, 3.8) is 0 Å². The van der Waals surface area contributed by atoms with E-state index in [1.54, 1.807) is 6.92 Å². The summed E-state index contributed by atoms with van der Waals surface area (Å²) in [5, 5.41) is 10.6. The Morgan fingerprint density at radius 1 is 1.40 bits per heavy atom. The average molecular weight is 285 g/mol. The van der Waals surface area contributed by atoms with Gasteiger partial charge in [0.1, 0.15) is 6.61 Å². The fourth-order valence-corrected chi connectivity index (χ4v) is 3.39. The lowest BCUT2D eigenvalue weighted by Crippen LogP contribution is -2.53. The molecule has 20 heavy (non-hydrogen) atoms. The minimum absolute atomic E-state index is 0.0368. The van der Waals surface area contributed by atoms with E-state index in [1.807, 2.05) is 0 Å². The molecular formula is C15H27NO4. The highest BCUT2D eigenvalue weighted by Crippen LogP contribution is 2.39. The molecule has 2 rings (SSSR count). The summed E-state index contributed by atoms with van der Waals surface area (Å²) < 4.78 is 10.1. The first-order valence-electron chi connectivity index (χ1n) is 7.82. The Bertz CT molecular complexity index is 323. The Labute approximate surface area is 121 Å². The summed E-state index contributed by atoms with van der Waals surface area (Å²) in [5.74, 6) is 0.114. The predicted octanol–water partition coefficient (Wildman–Crippen LogP) is 1.19. The van der Waals surface area contributed by atoms with Crippen molar-refractivity contribution in [2.24, 2.45) is 5.92 Å². The van der Waals surface area contributed by atoms with Crippen molar-refractivity contribution < 1.29 is 19.4 Å². The smallest absolute Gasteiger partial charge is 0.332 e. The van der Waals surface area contributed by atoms with Crippen molar-refractivity contribution in [1.29, 1.82) is 0 Å². The van der Waals surface area contributed by atoms with E-state index in [1.165, 1.54) is 6.42 Å². The lowest BCUT2D eigenvalue weighted by molar-refractivity contribution is -0.148. The number of likely N-dealkylation sites (tertiary alicyclic amines) is 1. The third kappa shape index (κ3) is 4.17. The molecule has 5 nitrogen and oxygen atoms in total. The van der Waals surface area contributed by atoms with Gasteiger partial charge in [0.2, 0.25) is 0 Å². The number of hydrogen-bond donors (Lipinski definition) is 1. The molecule has 0 radical (unpaired) electrons. The zero-order chi connectivity index (χ0) is 14.4. The van der Waals surface area contributed by atoms with Gasteiger partial charge in [-0.1, -0.05) is 12.8 Å². The van der Waals surface area contributed by atoms with E-state index < -0.39 is 5.60 Å². The maximum absolute atomic E-state index is 11.1. The largest absolute Gasteiger partial charge is 0.464 e. The maximum atomic E-state index is 11.1. The molecule has 0 bridgehead atoms. The second kappa shape index (κ2) is 7.38. The Morgan fingerprint density at radius 2 is 2.25 bits per heavy atom. The normalized spacial score (nSPS) is 30.8. The Hall–Kier alpha value is -0.650. The van der Waals surface area contributed by atoms with Gasteiger partial charge in [-0.05, 0) is 26.2 Å². The minimum atomic E-state index is -0.416. The molecule has 2 unspecified atom stereocenters. The van der Waals surface area contributed by atoms with E-state index in [0.717, 1.165) is 45.3 Å². The molecule has 1 aliphatic heterocycles. The van der Waals surface area contributed by atoms with Gasteiger partial charge in [0.25, 0.3) is 0 Å². The van der Waals surface area contributed by atoms with Crippen molar-refractivity contribution in [3.05, 3.63) is 0 Å². The molecule has 1 N–H and O–H groups in total. The van der Waals surface area contributed by atoms with Crippen LogP contribution in [0, 0.1) is 5.92 Å². The standard InChI is InChI=1S/C15H27NO4/c1-2-20-14(17)12-19-10-9-16-8-7-15(18)6-4-3-5-13(15)11-16/h13,18H,2-12H2,1H3. The quantitative estimate of drug-likeness (QED) is 0.587. The molecule has 0 spiro atoms. The summed E-state index contributed by atoms with van der Waals surface area (Å²) in [6.45, 7) is 5.48. The minimum Gasteiger partial charge on any atom is -0.464 e. The number of hydrogen-bond acceptors (Lipinski definition) is 5. The molecule has 1 aliphatic carbocycles. The van der Waals surface area contributed by atoms with Crippen molar-refractivity contribution in [1.82, 2.24) is 4.90 Å². The third-order valence-corrected chi connectivity index (χ3v) is 4.59. The molecule has 2 atom stereocenters. The number of ether oxygens (including phenoxy) is 2. The highest BCUT2D eigenvalue weighted by molar-refractivity contribution is 5.70. The number of fused-ring (bicyclic) bond motifs is 1. The highest BCUT2D eigenvalue weighted by Gasteiger charge is 2.42. The zero-order valence-electron chi connectivity index (χ0n) is 12.5. The Balaban J connectivity index is 1.64.